The third-order valence-electron chi connectivity index (χ3n) is 4.58. The standard InChI is InChI=1S/C22H27N3O3/c23-20(14-17-4-2-1-3-5-17)22(27)24-13-12-16-6-10-19(11-7-16)28-15-21(26)25-18-8-9-18/h1-7,10-11,18,20H,8-9,12-15,23H2,(H,24,27)(H,25,26)/t20-/m0/s1. The van der Waals surface area contributed by atoms with Crippen molar-refractivity contribution in [3.05, 3.63) is 65.7 Å². The lowest BCUT2D eigenvalue weighted by molar-refractivity contribution is -0.123. The van der Waals surface area contributed by atoms with Crippen LogP contribution in [-0.4, -0.2) is 37.0 Å². The van der Waals surface area contributed by atoms with Gasteiger partial charge in [0.05, 0.1) is 6.04 Å². The molecule has 28 heavy (non-hydrogen) atoms. The van der Waals surface area contributed by atoms with Gasteiger partial charge >= 0.3 is 0 Å². The molecule has 1 atom stereocenters. The van der Waals surface area contributed by atoms with Crippen molar-refractivity contribution in [1.29, 1.82) is 0 Å². The molecule has 0 heterocycles. The maximum absolute atomic E-state index is 12.1. The number of benzene rings is 2. The third-order valence-corrected chi connectivity index (χ3v) is 4.58. The minimum absolute atomic E-state index is 0.0329. The Morgan fingerprint density at radius 3 is 2.43 bits per heavy atom. The second-order valence-corrected chi connectivity index (χ2v) is 7.11. The highest BCUT2D eigenvalue weighted by Gasteiger charge is 2.23. The van der Waals surface area contributed by atoms with E-state index in [0.29, 0.717) is 31.2 Å². The molecule has 0 saturated heterocycles. The normalized spacial score (nSPS) is 14.2. The number of hydrogen-bond donors (Lipinski definition) is 3. The van der Waals surface area contributed by atoms with E-state index in [0.717, 1.165) is 24.0 Å². The smallest absolute Gasteiger partial charge is 0.258 e. The highest BCUT2D eigenvalue weighted by molar-refractivity contribution is 5.81. The molecular formula is C22H27N3O3. The quantitative estimate of drug-likeness (QED) is 0.582. The largest absolute Gasteiger partial charge is 0.484 e. The van der Waals surface area contributed by atoms with E-state index in [2.05, 4.69) is 10.6 Å². The molecule has 2 aromatic rings. The Hall–Kier alpha value is -2.86. The molecule has 0 radical (unpaired) electrons. The van der Waals surface area contributed by atoms with E-state index in [-0.39, 0.29) is 18.4 Å². The van der Waals surface area contributed by atoms with Crippen LogP contribution in [-0.2, 0) is 22.4 Å². The number of nitrogens with one attached hydrogen (secondary N) is 2. The molecule has 0 spiro atoms. The average Bonchev–Trinajstić information content (AvgIpc) is 3.52. The molecule has 1 fully saturated rings. The first-order valence-electron chi connectivity index (χ1n) is 9.68. The Bertz CT molecular complexity index is 773. The van der Waals surface area contributed by atoms with E-state index in [9.17, 15) is 9.59 Å². The molecule has 3 rings (SSSR count). The zero-order valence-corrected chi connectivity index (χ0v) is 15.9. The third kappa shape index (κ3) is 6.70. The number of hydrogen-bond acceptors (Lipinski definition) is 4. The van der Waals surface area contributed by atoms with Gasteiger partial charge in [0.2, 0.25) is 5.91 Å². The van der Waals surface area contributed by atoms with Crippen molar-refractivity contribution in [1.82, 2.24) is 10.6 Å². The molecule has 1 aliphatic rings. The highest BCUT2D eigenvalue weighted by atomic mass is 16.5. The first-order chi connectivity index (χ1) is 13.6. The minimum atomic E-state index is -0.556. The van der Waals surface area contributed by atoms with Gasteiger partial charge in [-0.2, -0.15) is 0 Å². The Balaban J connectivity index is 1.34. The van der Waals surface area contributed by atoms with Crippen LogP contribution >= 0.6 is 0 Å². The van der Waals surface area contributed by atoms with Gasteiger partial charge in [0.1, 0.15) is 5.75 Å². The van der Waals surface area contributed by atoms with E-state index in [1.54, 1.807) is 0 Å². The summed E-state index contributed by atoms with van der Waals surface area (Å²) in [6.07, 6.45) is 3.35. The molecule has 2 amide bonds. The summed E-state index contributed by atoms with van der Waals surface area (Å²) in [4.78, 5) is 23.8. The molecule has 0 unspecified atom stereocenters. The molecule has 1 aliphatic carbocycles. The van der Waals surface area contributed by atoms with Gasteiger partial charge in [0, 0.05) is 12.6 Å². The Labute approximate surface area is 165 Å². The minimum Gasteiger partial charge on any atom is -0.484 e. The molecule has 6 heteroatoms. The SMILES string of the molecule is N[C@@H](Cc1ccccc1)C(=O)NCCc1ccc(OCC(=O)NC2CC2)cc1. The van der Waals surface area contributed by atoms with Crippen LogP contribution in [0.2, 0.25) is 0 Å². The van der Waals surface area contributed by atoms with Crippen molar-refractivity contribution in [2.24, 2.45) is 5.73 Å². The van der Waals surface area contributed by atoms with Crippen LogP contribution in [0.4, 0.5) is 0 Å². The molecule has 0 bridgehead atoms. The molecule has 1 saturated carbocycles. The monoisotopic (exact) mass is 381 g/mol. The number of ether oxygens (including phenoxy) is 1. The molecule has 2 aromatic carbocycles. The van der Waals surface area contributed by atoms with Crippen molar-refractivity contribution < 1.29 is 14.3 Å². The van der Waals surface area contributed by atoms with Gasteiger partial charge in [-0.05, 0) is 48.9 Å². The Kier molecular flexibility index (Phi) is 7.03. The van der Waals surface area contributed by atoms with Crippen LogP contribution in [0.1, 0.15) is 24.0 Å². The topological polar surface area (TPSA) is 93.5 Å². The van der Waals surface area contributed by atoms with E-state index < -0.39 is 6.04 Å². The summed E-state index contributed by atoms with van der Waals surface area (Å²) in [5.74, 6) is 0.426. The fraction of sp³-hybridized carbons (Fsp3) is 0.364. The molecule has 0 aromatic heterocycles. The van der Waals surface area contributed by atoms with E-state index in [4.69, 9.17) is 10.5 Å². The molecular weight excluding hydrogens is 354 g/mol. The van der Waals surface area contributed by atoms with Gasteiger partial charge in [0.15, 0.2) is 6.61 Å². The second-order valence-electron chi connectivity index (χ2n) is 7.11. The van der Waals surface area contributed by atoms with E-state index in [1.165, 1.54) is 0 Å². The van der Waals surface area contributed by atoms with E-state index >= 15 is 0 Å². The Morgan fingerprint density at radius 2 is 1.75 bits per heavy atom. The lowest BCUT2D eigenvalue weighted by Crippen LogP contribution is -2.42. The second kappa shape index (κ2) is 9.90. The van der Waals surface area contributed by atoms with Crippen molar-refractivity contribution in [2.75, 3.05) is 13.2 Å². The lowest BCUT2D eigenvalue weighted by Gasteiger charge is -2.12. The van der Waals surface area contributed by atoms with Gasteiger partial charge in [-0.3, -0.25) is 9.59 Å². The fourth-order valence-electron chi connectivity index (χ4n) is 2.82. The summed E-state index contributed by atoms with van der Waals surface area (Å²) in [5, 5.41) is 5.77. The summed E-state index contributed by atoms with van der Waals surface area (Å²) in [5.41, 5.74) is 8.10. The van der Waals surface area contributed by atoms with Crippen molar-refractivity contribution in [2.45, 2.75) is 37.8 Å². The number of nitrogens with two attached hydrogens (primary N) is 1. The van der Waals surface area contributed by atoms with E-state index in [1.807, 2.05) is 54.6 Å². The maximum Gasteiger partial charge on any atom is 0.258 e. The Morgan fingerprint density at radius 1 is 1.04 bits per heavy atom. The highest BCUT2D eigenvalue weighted by Crippen LogP contribution is 2.18. The number of carbonyl (C=O) groups excluding carboxylic acids is 2. The maximum atomic E-state index is 12.1. The zero-order valence-electron chi connectivity index (χ0n) is 15.9. The van der Waals surface area contributed by atoms with Gasteiger partial charge in [-0.15, -0.1) is 0 Å². The fourth-order valence-corrected chi connectivity index (χ4v) is 2.82. The van der Waals surface area contributed by atoms with Crippen molar-refractivity contribution in [3.8, 4) is 5.75 Å². The number of carbonyl (C=O) groups is 2. The summed E-state index contributed by atoms with van der Waals surface area (Å²) in [6.45, 7) is 0.552. The number of amides is 2. The van der Waals surface area contributed by atoms with Crippen LogP contribution in [0, 0.1) is 0 Å². The van der Waals surface area contributed by atoms with Crippen LogP contribution in [0.3, 0.4) is 0 Å². The first-order valence-corrected chi connectivity index (χ1v) is 9.68. The molecule has 6 nitrogen and oxygen atoms in total. The predicted molar refractivity (Wildman–Crippen MR) is 108 cm³/mol. The molecule has 0 aliphatic heterocycles. The summed E-state index contributed by atoms with van der Waals surface area (Å²) >= 11 is 0. The van der Waals surface area contributed by atoms with Crippen LogP contribution < -0.4 is 21.1 Å². The van der Waals surface area contributed by atoms with Crippen molar-refractivity contribution in [3.63, 3.8) is 0 Å². The van der Waals surface area contributed by atoms with Crippen LogP contribution in [0.25, 0.3) is 0 Å². The lowest BCUT2D eigenvalue weighted by atomic mass is 10.1. The van der Waals surface area contributed by atoms with Crippen molar-refractivity contribution >= 4 is 11.8 Å². The van der Waals surface area contributed by atoms with Gasteiger partial charge in [-0.25, -0.2) is 0 Å². The van der Waals surface area contributed by atoms with Gasteiger partial charge < -0.3 is 21.1 Å². The average molecular weight is 381 g/mol. The summed E-state index contributed by atoms with van der Waals surface area (Å²) in [6, 6.07) is 17.1. The number of rotatable bonds is 10. The van der Waals surface area contributed by atoms with Crippen LogP contribution in [0.15, 0.2) is 54.6 Å². The van der Waals surface area contributed by atoms with Gasteiger partial charge in [0.25, 0.3) is 5.91 Å². The molecule has 148 valence electrons. The zero-order chi connectivity index (χ0) is 19.8. The summed E-state index contributed by atoms with van der Waals surface area (Å²) in [7, 11) is 0. The summed E-state index contributed by atoms with van der Waals surface area (Å²) < 4.78 is 5.48. The first kappa shape index (κ1) is 19.9. The predicted octanol–water partition coefficient (Wildman–Crippen LogP) is 1.57. The van der Waals surface area contributed by atoms with Crippen LogP contribution in [0.5, 0.6) is 5.75 Å². The van der Waals surface area contributed by atoms with Gasteiger partial charge in [-0.1, -0.05) is 42.5 Å². The molecule has 4 N–H and O–H groups in total.